The molecule has 1 nitrogen and oxygen atoms in total. The zero-order valence-electron chi connectivity index (χ0n) is 7.19. The molecule has 1 rings (SSSR count). The molecule has 0 atom stereocenters. The summed E-state index contributed by atoms with van der Waals surface area (Å²) in [5.74, 6) is -1.03. The van der Waals surface area contributed by atoms with E-state index in [2.05, 4.69) is 11.9 Å². The Labute approximate surface area is 76.1 Å². The Balaban J connectivity index is 2.69. The zero-order valence-corrected chi connectivity index (χ0v) is 7.19. The second-order valence-corrected chi connectivity index (χ2v) is 2.62. The Hall–Kier alpha value is -1.22. The zero-order chi connectivity index (χ0) is 9.68. The van der Waals surface area contributed by atoms with Gasteiger partial charge in [0, 0.05) is 18.7 Å². The van der Waals surface area contributed by atoms with Crippen LogP contribution in [0, 0.1) is 11.6 Å². The molecule has 0 radical (unpaired) electrons. The van der Waals surface area contributed by atoms with Crippen LogP contribution in [0.4, 0.5) is 8.78 Å². The third-order valence-corrected chi connectivity index (χ3v) is 1.65. The van der Waals surface area contributed by atoms with Crippen molar-refractivity contribution in [3.05, 3.63) is 48.1 Å². The summed E-state index contributed by atoms with van der Waals surface area (Å²) in [5.41, 5.74) is 0.0735. The van der Waals surface area contributed by atoms with Gasteiger partial charge in [-0.2, -0.15) is 0 Å². The van der Waals surface area contributed by atoms with Crippen molar-refractivity contribution in [2.75, 3.05) is 6.54 Å². The topological polar surface area (TPSA) is 12.0 Å². The molecule has 0 aliphatic carbocycles. The van der Waals surface area contributed by atoms with E-state index in [-0.39, 0.29) is 12.1 Å². The standard InChI is InChI=1S/C10H11F2N/c1-2-6-13-7-8-9(11)4-3-5-10(8)12/h2-5,13H,1,6-7H2. The van der Waals surface area contributed by atoms with Gasteiger partial charge in [-0.05, 0) is 12.1 Å². The highest BCUT2D eigenvalue weighted by Crippen LogP contribution is 2.10. The lowest BCUT2D eigenvalue weighted by Crippen LogP contribution is -2.14. The number of hydrogen-bond acceptors (Lipinski definition) is 1. The van der Waals surface area contributed by atoms with E-state index in [1.807, 2.05) is 0 Å². The number of halogens is 2. The first kappa shape index (κ1) is 9.86. The Morgan fingerprint density at radius 3 is 2.46 bits per heavy atom. The van der Waals surface area contributed by atoms with E-state index >= 15 is 0 Å². The summed E-state index contributed by atoms with van der Waals surface area (Å²) in [6.07, 6.45) is 1.64. The van der Waals surface area contributed by atoms with Crippen LogP contribution in [-0.4, -0.2) is 6.54 Å². The highest BCUT2D eigenvalue weighted by Gasteiger charge is 2.06. The average Bonchev–Trinajstić information content (AvgIpc) is 2.10. The second kappa shape index (κ2) is 4.72. The minimum absolute atomic E-state index is 0.0735. The SMILES string of the molecule is C=CCNCc1c(F)cccc1F. The maximum atomic E-state index is 13.0. The van der Waals surface area contributed by atoms with Gasteiger partial charge in [0.15, 0.2) is 0 Å². The molecule has 3 heteroatoms. The van der Waals surface area contributed by atoms with Gasteiger partial charge in [-0.15, -0.1) is 6.58 Å². The van der Waals surface area contributed by atoms with Gasteiger partial charge >= 0.3 is 0 Å². The minimum Gasteiger partial charge on any atom is -0.309 e. The lowest BCUT2D eigenvalue weighted by Gasteiger charge is -2.04. The highest BCUT2D eigenvalue weighted by molar-refractivity contribution is 5.19. The fourth-order valence-corrected chi connectivity index (χ4v) is 1.00. The van der Waals surface area contributed by atoms with E-state index < -0.39 is 11.6 Å². The maximum Gasteiger partial charge on any atom is 0.130 e. The molecule has 0 amide bonds. The van der Waals surface area contributed by atoms with Gasteiger partial charge in [-0.3, -0.25) is 0 Å². The van der Waals surface area contributed by atoms with Crippen molar-refractivity contribution in [3.8, 4) is 0 Å². The molecule has 13 heavy (non-hydrogen) atoms. The van der Waals surface area contributed by atoms with E-state index in [9.17, 15) is 8.78 Å². The number of nitrogens with one attached hydrogen (secondary N) is 1. The molecule has 0 saturated heterocycles. The van der Waals surface area contributed by atoms with Crippen LogP contribution in [0.2, 0.25) is 0 Å². The Morgan fingerprint density at radius 2 is 1.92 bits per heavy atom. The summed E-state index contributed by atoms with van der Waals surface area (Å²) >= 11 is 0. The lowest BCUT2D eigenvalue weighted by atomic mass is 10.2. The summed E-state index contributed by atoms with van der Waals surface area (Å²) in [5, 5.41) is 2.83. The van der Waals surface area contributed by atoms with E-state index in [0.29, 0.717) is 6.54 Å². The molecule has 1 N–H and O–H groups in total. The molecule has 0 spiro atoms. The normalized spacial score (nSPS) is 10.0. The molecule has 1 aromatic carbocycles. The minimum atomic E-state index is -0.517. The molecular formula is C10H11F2N. The molecule has 1 aromatic rings. The van der Waals surface area contributed by atoms with E-state index in [0.717, 1.165) is 0 Å². The Kier molecular flexibility index (Phi) is 3.58. The van der Waals surface area contributed by atoms with Crippen molar-refractivity contribution >= 4 is 0 Å². The quantitative estimate of drug-likeness (QED) is 0.557. The lowest BCUT2D eigenvalue weighted by molar-refractivity contribution is 0.542. The van der Waals surface area contributed by atoms with Crippen molar-refractivity contribution in [3.63, 3.8) is 0 Å². The Morgan fingerprint density at radius 1 is 1.31 bits per heavy atom. The summed E-state index contributed by atoms with van der Waals surface area (Å²) < 4.78 is 25.9. The fourth-order valence-electron chi connectivity index (χ4n) is 1.00. The molecule has 70 valence electrons. The number of hydrogen-bond donors (Lipinski definition) is 1. The first-order chi connectivity index (χ1) is 6.25. The Bertz CT molecular complexity index is 277. The summed E-state index contributed by atoms with van der Waals surface area (Å²) in [4.78, 5) is 0. The van der Waals surface area contributed by atoms with Crippen LogP contribution in [0.15, 0.2) is 30.9 Å². The van der Waals surface area contributed by atoms with Gasteiger partial charge in [-0.1, -0.05) is 12.1 Å². The van der Waals surface area contributed by atoms with Crippen LogP contribution in [0.1, 0.15) is 5.56 Å². The highest BCUT2D eigenvalue weighted by atomic mass is 19.1. The van der Waals surface area contributed by atoms with Crippen LogP contribution in [-0.2, 0) is 6.54 Å². The molecule has 0 unspecified atom stereocenters. The monoisotopic (exact) mass is 183 g/mol. The van der Waals surface area contributed by atoms with Crippen LogP contribution in [0.5, 0.6) is 0 Å². The fraction of sp³-hybridized carbons (Fsp3) is 0.200. The smallest absolute Gasteiger partial charge is 0.130 e. The van der Waals surface area contributed by atoms with Crippen molar-refractivity contribution < 1.29 is 8.78 Å². The van der Waals surface area contributed by atoms with Gasteiger partial charge in [0.2, 0.25) is 0 Å². The first-order valence-electron chi connectivity index (χ1n) is 4.00. The van der Waals surface area contributed by atoms with Crippen LogP contribution in [0.3, 0.4) is 0 Å². The van der Waals surface area contributed by atoms with E-state index in [1.165, 1.54) is 18.2 Å². The summed E-state index contributed by atoms with van der Waals surface area (Å²) in [6.45, 7) is 4.21. The third kappa shape index (κ3) is 2.63. The van der Waals surface area contributed by atoms with Crippen LogP contribution in [0.25, 0.3) is 0 Å². The first-order valence-corrected chi connectivity index (χ1v) is 4.00. The number of rotatable bonds is 4. The van der Waals surface area contributed by atoms with Crippen LogP contribution < -0.4 is 5.32 Å². The van der Waals surface area contributed by atoms with Gasteiger partial charge in [0.25, 0.3) is 0 Å². The summed E-state index contributed by atoms with van der Waals surface area (Å²) in [6, 6.07) is 3.84. The molecule has 0 bridgehead atoms. The second-order valence-electron chi connectivity index (χ2n) is 2.62. The number of benzene rings is 1. The van der Waals surface area contributed by atoms with Gasteiger partial charge in [-0.25, -0.2) is 8.78 Å². The molecule has 0 aliphatic rings. The van der Waals surface area contributed by atoms with Gasteiger partial charge < -0.3 is 5.32 Å². The van der Waals surface area contributed by atoms with Crippen molar-refractivity contribution in [1.82, 2.24) is 5.32 Å². The molecule has 0 heterocycles. The van der Waals surface area contributed by atoms with Gasteiger partial charge in [0.1, 0.15) is 11.6 Å². The molecule has 0 saturated carbocycles. The third-order valence-electron chi connectivity index (χ3n) is 1.65. The molecule has 0 aliphatic heterocycles. The summed E-state index contributed by atoms with van der Waals surface area (Å²) in [7, 11) is 0. The largest absolute Gasteiger partial charge is 0.309 e. The van der Waals surface area contributed by atoms with Crippen LogP contribution >= 0.6 is 0 Å². The van der Waals surface area contributed by atoms with E-state index in [4.69, 9.17) is 0 Å². The van der Waals surface area contributed by atoms with Crippen molar-refractivity contribution in [2.45, 2.75) is 6.54 Å². The maximum absolute atomic E-state index is 13.0. The van der Waals surface area contributed by atoms with Crippen molar-refractivity contribution in [1.29, 1.82) is 0 Å². The van der Waals surface area contributed by atoms with E-state index in [1.54, 1.807) is 6.08 Å². The molecular weight excluding hydrogens is 172 g/mol. The molecule has 0 aromatic heterocycles. The average molecular weight is 183 g/mol. The van der Waals surface area contributed by atoms with Crippen molar-refractivity contribution in [2.24, 2.45) is 0 Å². The predicted octanol–water partition coefficient (Wildman–Crippen LogP) is 2.24. The predicted molar refractivity (Wildman–Crippen MR) is 48.3 cm³/mol. The molecule has 0 fully saturated rings. The van der Waals surface area contributed by atoms with Gasteiger partial charge in [0.05, 0.1) is 0 Å².